The topological polar surface area (TPSA) is 26.0 Å². The molecule has 0 radical (unpaired) electrons. The highest BCUT2D eigenvalue weighted by Gasteiger charge is 2.01. The second kappa shape index (κ2) is 3.49. The van der Waals surface area contributed by atoms with Gasteiger partial charge in [0.1, 0.15) is 5.82 Å². The highest BCUT2D eigenvalue weighted by atomic mass is 19.1. The van der Waals surface area contributed by atoms with Crippen LogP contribution in [0.1, 0.15) is 18.4 Å². The summed E-state index contributed by atoms with van der Waals surface area (Å²) >= 11 is 0. The van der Waals surface area contributed by atoms with Crippen molar-refractivity contribution in [1.29, 1.82) is 0 Å². The number of hydrogen-bond acceptors (Lipinski definition) is 1. The van der Waals surface area contributed by atoms with Crippen molar-refractivity contribution < 1.29 is 4.39 Å². The van der Waals surface area contributed by atoms with Gasteiger partial charge in [0.25, 0.3) is 0 Å². The predicted molar refractivity (Wildman–Crippen MR) is 43.9 cm³/mol. The molecule has 1 rings (SSSR count). The summed E-state index contributed by atoms with van der Waals surface area (Å²) in [6, 6.07) is 6.46. The van der Waals surface area contributed by atoms with Crippen LogP contribution in [-0.4, -0.2) is 6.54 Å². The Morgan fingerprint density at radius 3 is 2.36 bits per heavy atom. The Morgan fingerprint density at radius 1 is 1.36 bits per heavy atom. The van der Waals surface area contributed by atoms with Crippen molar-refractivity contribution >= 4 is 0 Å². The Bertz CT molecular complexity index is 218. The summed E-state index contributed by atoms with van der Waals surface area (Å²) in [6.45, 7) is 2.62. The molecule has 2 heteroatoms. The van der Waals surface area contributed by atoms with Crippen LogP contribution in [0, 0.1) is 5.82 Å². The second-order valence-electron chi connectivity index (χ2n) is 2.69. The van der Waals surface area contributed by atoms with E-state index in [1.807, 2.05) is 6.92 Å². The number of halogens is 1. The van der Waals surface area contributed by atoms with Crippen LogP contribution in [0.3, 0.4) is 0 Å². The number of rotatable bonds is 2. The molecule has 0 spiro atoms. The van der Waals surface area contributed by atoms with Gasteiger partial charge in [0.15, 0.2) is 0 Å². The summed E-state index contributed by atoms with van der Waals surface area (Å²) in [4.78, 5) is 0. The molecule has 1 unspecified atom stereocenters. The van der Waals surface area contributed by atoms with Gasteiger partial charge in [-0.2, -0.15) is 0 Å². The third kappa shape index (κ3) is 2.02. The molecular formula is C9H12FN. The average molecular weight is 153 g/mol. The summed E-state index contributed by atoms with van der Waals surface area (Å²) in [7, 11) is 0. The minimum atomic E-state index is -0.196. The molecule has 0 bridgehead atoms. The smallest absolute Gasteiger partial charge is 0.123 e. The van der Waals surface area contributed by atoms with Gasteiger partial charge < -0.3 is 5.73 Å². The molecule has 0 aliphatic heterocycles. The van der Waals surface area contributed by atoms with Gasteiger partial charge in [-0.25, -0.2) is 4.39 Å². The van der Waals surface area contributed by atoms with Gasteiger partial charge in [0, 0.05) is 0 Å². The molecule has 1 aromatic carbocycles. The van der Waals surface area contributed by atoms with E-state index in [-0.39, 0.29) is 5.82 Å². The van der Waals surface area contributed by atoms with Gasteiger partial charge in [0.05, 0.1) is 0 Å². The molecular weight excluding hydrogens is 141 g/mol. The Balaban J connectivity index is 2.81. The maximum absolute atomic E-state index is 12.4. The van der Waals surface area contributed by atoms with Crippen molar-refractivity contribution in [3.63, 3.8) is 0 Å². The van der Waals surface area contributed by atoms with E-state index in [0.29, 0.717) is 12.5 Å². The fraction of sp³-hybridized carbons (Fsp3) is 0.333. The molecule has 1 nitrogen and oxygen atoms in total. The lowest BCUT2D eigenvalue weighted by atomic mass is 10.0. The Labute approximate surface area is 66.0 Å². The van der Waals surface area contributed by atoms with Gasteiger partial charge in [0.2, 0.25) is 0 Å². The maximum atomic E-state index is 12.4. The first-order chi connectivity index (χ1) is 5.24. The molecule has 0 amide bonds. The number of hydrogen-bond donors (Lipinski definition) is 1. The van der Waals surface area contributed by atoms with Crippen LogP contribution < -0.4 is 5.73 Å². The SMILES string of the molecule is CC(CN)c1ccc(F)cc1. The minimum absolute atomic E-state index is 0.196. The lowest BCUT2D eigenvalue weighted by Crippen LogP contribution is -2.08. The zero-order valence-electron chi connectivity index (χ0n) is 6.55. The van der Waals surface area contributed by atoms with E-state index in [4.69, 9.17) is 5.73 Å². The lowest BCUT2D eigenvalue weighted by molar-refractivity contribution is 0.625. The van der Waals surface area contributed by atoms with E-state index < -0.39 is 0 Å². The molecule has 0 fully saturated rings. The summed E-state index contributed by atoms with van der Waals surface area (Å²) in [5.41, 5.74) is 6.54. The highest BCUT2D eigenvalue weighted by Crippen LogP contribution is 2.13. The largest absolute Gasteiger partial charge is 0.330 e. The van der Waals surface area contributed by atoms with Crippen molar-refractivity contribution in [1.82, 2.24) is 0 Å². The molecule has 0 aliphatic carbocycles. The Kier molecular flexibility index (Phi) is 2.60. The van der Waals surface area contributed by atoms with Gasteiger partial charge >= 0.3 is 0 Å². The standard InChI is InChI=1S/C9H12FN/c1-7(6-11)8-2-4-9(10)5-3-8/h2-5,7H,6,11H2,1H3. The maximum Gasteiger partial charge on any atom is 0.123 e. The molecule has 1 atom stereocenters. The normalized spacial score (nSPS) is 13.0. The zero-order chi connectivity index (χ0) is 8.27. The quantitative estimate of drug-likeness (QED) is 0.689. The van der Waals surface area contributed by atoms with E-state index in [1.54, 1.807) is 12.1 Å². The first-order valence-electron chi connectivity index (χ1n) is 3.69. The molecule has 60 valence electrons. The molecule has 0 heterocycles. The third-order valence-corrected chi connectivity index (χ3v) is 1.79. The third-order valence-electron chi connectivity index (χ3n) is 1.79. The molecule has 0 saturated heterocycles. The fourth-order valence-corrected chi connectivity index (χ4v) is 0.927. The second-order valence-corrected chi connectivity index (χ2v) is 2.69. The van der Waals surface area contributed by atoms with Gasteiger partial charge in [-0.05, 0) is 30.2 Å². The zero-order valence-corrected chi connectivity index (χ0v) is 6.55. The van der Waals surface area contributed by atoms with Crippen LogP contribution >= 0.6 is 0 Å². The van der Waals surface area contributed by atoms with Gasteiger partial charge in [-0.15, -0.1) is 0 Å². The van der Waals surface area contributed by atoms with Crippen LogP contribution in [0.4, 0.5) is 4.39 Å². The molecule has 0 aromatic heterocycles. The van der Waals surface area contributed by atoms with Crippen LogP contribution in [0.25, 0.3) is 0 Å². The highest BCUT2D eigenvalue weighted by molar-refractivity contribution is 5.19. The summed E-state index contributed by atoms with van der Waals surface area (Å²) in [5, 5.41) is 0. The average Bonchev–Trinajstić information content (AvgIpc) is 2.05. The van der Waals surface area contributed by atoms with Crippen LogP contribution in [0.5, 0.6) is 0 Å². The Hall–Kier alpha value is -0.890. The summed E-state index contributed by atoms with van der Waals surface area (Å²) in [6.07, 6.45) is 0. The fourth-order valence-electron chi connectivity index (χ4n) is 0.927. The predicted octanol–water partition coefficient (Wildman–Crippen LogP) is 1.89. The van der Waals surface area contributed by atoms with Crippen LogP contribution in [-0.2, 0) is 0 Å². The van der Waals surface area contributed by atoms with E-state index in [0.717, 1.165) is 5.56 Å². The van der Waals surface area contributed by atoms with Crippen molar-refractivity contribution in [2.75, 3.05) is 6.54 Å². The molecule has 0 saturated carbocycles. The summed E-state index contributed by atoms with van der Waals surface area (Å²) < 4.78 is 12.4. The lowest BCUT2D eigenvalue weighted by Gasteiger charge is -2.07. The number of nitrogens with two attached hydrogens (primary N) is 1. The first kappa shape index (κ1) is 8.21. The number of benzene rings is 1. The van der Waals surface area contributed by atoms with Crippen LogP contribution in [0.2, 0.25) is 0 Å². The molecule has 2 N–H and O–H groups in total. The first-order valence-corrected chi connectivity index (χ1v) is 3.69. The Morgan fingerprint density at radius 2 is 1.91 bits per heavy atom. The van der Waals surface area contributed by atoms with Crippen molar-refractivity contribution in [2.45, 2.75) is 12.8 Å². The molecule has 11 heavy (non-hydrogen) atoms. The molecule has 0 aliphatic rings. The van der Waals surface area contributed by atoms with Gasteiger partial charge in [-0.3, -0.25) is 0 Å². The van der Waals surface area contributed by atoms with Crippen molar-refractivity contribution in [3.8, 4) is 0 Å². The monoisotopic (exact) mass is 153 g/mol. The molecule has 1 aromatic rings. The minimum Gasteiger partial charge on any atom is -0.330 e. The van der Waals surface area contributed by atoms with Crippen molar-refractivity contribution in [2.24, 2.45) is 5.73 Å². The van der Waals surface area contributed by atoms with E-state index in [2.05, 4.69) is 0 Å². The van der Waals surface area contributed by atoms with Gasteiger partial charge in [-0.1, -0.05) is 19.1 Å². The summed E-state index contributed by atoms with van der Waals surface area (Å²) in [5.74, 6) is 0.119. The van der Waals surface area contributed by atoms with E-state index in [9.17, 15) is 4.39 Å². The van der Waals surface area contributed by atoms with E-state index >= 15 is 0 Å². The van der Waals surface area contributed by atoms with Crippen LogP contribution in [0.15, 0.2) is 24.3 Å². The van der Waals surface area contributed by atoms with Crippen molar-refractivity contribution in [3.05, 3.63) is 35.6 Å². The van der Waals surface area contributed by atoms with E-state index in [1.165, 1.54) is 12.1 Å².